The molecule has 0 heterocycles. The van der Waals surface area contributed by atoms with Crippen LogP contribution in [0.2, 0.25) is 0 Å². The Bertz CT molecular complexity index is 414. The number of nitrogens with zero attached hydrogens (tertiary/aromatic N) is 1. The van der Waals surface area contributed by atoms with Crippen LogP contribution in [-0.4, -0.2) is 18.8 Å². The van der Waals surface area contributed by atoms with Crippen molar-refractivity contribution in [1.82, 2.24) is 0 Å². The highest BCUT2D eigenvalue weighted by Gasteiger charge is 2.05. The summed E-state index contributed by atoms with van der Waals surface area (Å²) >= 11 is 4.70. The van der Waals surface area contributed by atoms with Gasteiger partial charge < -0.3 is 4.74 Å². The highest BCUT2D eigenvalue weighted by Crippen LogP contribution is 2.28. The molecule has 0 amide bonds. The van der Waals surface area contributed by atoms with Crippen LogP contribution in [0.3, 0.4) is 0 Å². The maximum absolute atomic E-state index is 10.9. The number of methoxy groups -OCH3 is 1. The van der Waals surface area contributed by atoms with E-state index >= 15 is 0 Å². The van der Waals surface area contributed by atoms with E-state index in [0.717, 1.165) is 9.37 Å². The summed E-state index contributed by atoms with van der Waals surface area (Å²) in [5.74, 6) is -0.00247. The molecule has 1 aromatic rings. The summed E-state index contributed by atoms with van der Waals surface area (Å²) < 4.78 is 5.34. The van der Waals surface area contributed by atoms with Crippen LogP contribution in [-0.2, 0) is 9.53 Å². The van der Waals surface area contributed by atoms with Gasteiger partial charge >= 0.3 is 5.97 Å². The Kier molecular flexibility index (Phi) is 4.66. The lowest BCUT2D eigenvalue weighted by Gasteiger charge is -2.03. The van der Waals surface area contributed by atoms with Gasteiger partial charge in [0.2, 0.25) is 0 Å². The number of ether oxygens (including phenoxy) is 1. The van der Waals surface area contributed by atoms with Gasteiger partial charge in [-0.2, -0.15) is 5.26 Å². The van der Waals surface area contributed by atoms with Gasteiger partial charge in [0.25, 0.3) is 0 Å². The molecular formula is C10H8BrNO2S. The van der Waals surface area contributed by atoms with E-state index in [2.05, 4.69) is 20.7 Å². The van der Waals surface area contributed by atoms with Gasteiger partial charge in [-0.25, -0.2) is 0 Å². The molecule has 78 valence electrons. The lowest BCUT2D eigenvalue weighted by molar-refractivity contribution is -0.137. The second-order valence-corrected chi connectivity index (χ2v) is 4.49. The van der Waals surface area contributed by atoms with E-state index in [1.165, 1.54) is 18.9 Å². The molecule has 15 heavy (non-hydrogen) atoms. The molecule has 0 spiro atoms. The largest absolute Gasteiger partial charge is 0.468 e. The van der Waals surface area contributed by atoms with E-state index in [1.54, 1.807) is 18.2 Å². The lowest BCUT2D eigenvalue weighted by atomic mass is 10.2. The van der Waals surface area contributed by atoms with Crippen LogP contribution in [0.4, 0.5) is 0 Å². The fraction of sp³-hybridized carbons (Fsp3) is 0.200. The van der Waals surface area contributed by atoms with E-state index in [0.29, 0.717) is 5.56 Å². The van der Waals surface area contributed by atoms with Crippen molar-refractivity contribution in [3.05, 3.63) is 28.2 Å². The molecule has 0 atom stereocenters. The van der Waals surface area contributed by atoms with Gasteiger partial charge in [-0.3, -0.25) is 4.79 Å². The summed E-state index contributed by atoms with van der Waals surface area (Å²) in [7, 11) is 1.36. The smallest absolute Gasteiger partial charge is 0.315 e. The molecule has 0 aliphatic heterocycles. The van der Waals surface area contributed by atoms with Crippen molar-refractivity contribution in [3.63, 3.8) is 0 Å². The summed E-state index contributed by atoms with van der Waals surface area (Å²) in [5, 5.41) is 8.66. The zero-order valence-electron chi connectivity index (χ0n) is 7.99. The first-order valence-corrected chi connectivity index (χ1v) is 5.84. The van der Waals surface area contributed by atoms with Crippen LogP contribution in [0.15, 0.2) is 27.6 Å². The molecule has 1 rings (SSSR count). The topological polar surface area (TPSA) is 50.1 Å². The molecule has 0 unspecified atom stereocenters. The summed E-state index contributed by atoms with van der Waals surface area (Å²) in [4.78, 5) is 11.8. The number of thioether (sulfide) groups is 1. The second kappa shape index (κ2) is 5.79. The Hall–Kier alpha value is -0.990. The maximum atomic E-state index is 10.9. The Balaban J connectivity index is 2.71. The average Bonchev–Trinajstić information content (AvgIpc) is 2.26. The number of benzene rings is 1. The van der Waals surface area contributed by atoms with Crippen molar-refractivity contribution in [2.24, 2.45) is 0 Å². The predicted octanol–water partition coefficient (Wildman–Crippen LogP) is 2.59. The van der Waals surface area contributed by atoms with Gasteiger partial charge in [0, 0.05) is 9.37 Å². The molecule has 0 N–H and O–H groups in total. The van der Waals surface area contributed by atoms with Crippen molar-refractivity contribution < 1.29 is 9.53 Å². The van der Waals surface area contributed by atoms with Crippen LogP contribution < -0.4 is 0 Å². The third-order valence-electron chi connectivity index (χ3n) is 1.63. The fourth-order valence-electron chi connectivity index (χ4n) is 0.883. The van der Waals surface area contributed by atoms with E-state index in [9.17, 15) is 4.79 Å². The van der Waals surface area contributed by atoms with Crippen molar-refractivity contribution in [2.45, 2.75) is 4.90 Å². The van der Waals surface area contributed by atoms with Crippen LogP contribution in [0.25, 0.3) is 0 Å². The molecule has 5 heteroatoms. The third kappa shape index (κ3) is 3.57. The minimum absolute atomic E-state index is 0.265. The normalized spacial score (nSPS) is 9.40. The van der Waals surface area contributed by atoms with Crippen molar-refractivity contribution >= 4 is 33.7 Å². The zero-order valence-corrected chi connectivity index (χ0v) is 10.4. The molecule has 0 bridgehead atoms. The number of hydrogen-bond donors (Lipinski definition) is 0. The van der Waals surface area contributed by atoms with Crippen LogP contribution in [0.1, 0.15) is 5.56 Å². The SMILES string of the molecule is COC(=O)CSc1ccc(C#N)cc1Br. The Morgan fingerprint density at radius 3 is 2.93 bits per heavy atom. The van der Waals surface area contributed by atoms with Crippen LogP contribution >= 0.6 is 27.7 Å². The quantitative estimate of drug-likeness (QED) is 0.633. The summed E-state index contributed by atoms with van der Waals surface area (Å²) in [6.45, 7) is 0. The first-order valence-electron chi connectivity index (χ1n) is 4.06. The fourth-order valence-corrected chi connectivity index (χ4v) is 2.36. The van der Waals surface area contributed by atoms with Gasteiger partial charge in [0.15, 0.2) is 0 Å². The first-order chi connectivity index (χ1) is 7.17. The van der Waals surface area contributed by atoms with Gasteiger partial charge in [0.05, 0.1) is 24.5 Å². The van der Waals surface area contributed by atoms with Crippen molar-refractivity contribution in [2.75, 3.05) is 12.9 Å². The van der Waals surface area contributed by atoms with E-state index < -0.39 is 0 Å². The molecule has 0 aliphatic rings. The monoisotopic (exact) mass is 285 g/mol. The van der Waals surface area contributed by atoms with Gasteiger partial charge in [0.1, 0.15) is 0 Å². The molecule has 1 aromatic carbocycles. The zero-order chi connectivity index (χ0) is 11.3. The molecule has 0 radical (unpaired) electrons. The minimum atomic E-state index is -0.267. The molecular weight excluding hydrogens is 278 g/mol. The van der Waals surface area contributed by atoms with E-state index in [4.69, 9.17) is 5.26 Å². The number of carbonyl (C=O) groups excluding carboxylic acids is 1. The molecule has 0 fully saturated rings. The summed E-state index contributed by atoms with van der Waals surface area (Å²) in [5.41, 5.74) is 0.587. The first kappa shape index (κ1) is 12.1. The summed E-state index contributed by atoms with van der Waals surface area (Å²) in [6.07, 6.45) is 0. The van der Waals surface area contributed by atoms with E-state index in [1.807, 2.05) is 6.07 Å². The van der Waals surface area contributed by atoms with Gasteiger partial charge in [-0.05, 0) is 34.1 Å². The second-order valence-electron chi connectivity index (χ2n) is 2.62. The van der Waals surface area contributed by atoms with Crippen molar-refractivity contribution in [1.29, 1.82) is 5.26 Å². The molecule has 3 nitrogen and oxygen atoms in total. The maximum Gasteiger partial charge on any atom is 0.315 e. The average molecular weight is 286 g/mol. The highest BCUT2D eigenvalue weighted by atomic mass is 79.9. The number of hydrogen-bond acceptors (Lipinski definition) is 4. The standard InChI is InChI=1S/C10H8BrNO2S/c1-14-10(13)6-15-9-3-2-7(5-12)4-8(9)11/h2-4H,6H2,1H3. The molecule has 0 aromatic heterocycles. The number of rotatable bonds is 3. The minimum Gasteiger partial charge on any atom is -0.468 e. The Morgan fingerprint density at radius 1 is 1.67 bits per heavy atom. The number of halogens is 1. The predicted molar refractivity (Wildman–Crippen MR) is 61.6 cm³/mol. The number of nitriles is 1. The molecule has 0 saturated heterocycles. The van der Waals surface area contributed by atoms with Gasteiger partial charge in [-0.15, -0.1) is 11.8 Å². The van der Waals surface area contributed by atoms with Crippen molar-refractivity contribution in [3.8, 4) is 6.07 Å². The Morgan fingerprint density at radius 2 is 2.40 bits per heavy atom. The molecule has 0 aliphatic carbocycles. The highest BCUT2D eigenvalue weighted by molar-refractivity contribution is 9.10. The lowest BCUT2D eigenvalue weighted by Crippen LogP contribution is -2.02. The van der Waals surface area contributed by atoms with Crippen LogP contribution in [0, 0.1) is 11.3 Å². The van der Waals surface area contributed by atoms with Crippen LogP contribution in [0.5, 0.6) is 0 Å². The third-order valence-corrected chi connectivity index (χ3v) is 3.60. The summed E-state index contributed by atoms with van der Waals surface area (Å²) in [6, 6.07) is 7.28. The van der Waals surface area contributed by atoms with E-state index in [-0.39, 0.29) is 11.7 Å². The molecule has 0 saturated carbocycles. The number of esters is 1. The van der Waals surface area contributed by atoms with Gasteiger partial charge in [-0.1, -0.05) is 0 Å². The number of carbonyl (C=O) groups is 1. The Labute approximate surface area is 101 Å².